The highest BCUT2D eigenvalue weighted by molar-refractivity contribution is 5.69. The minimum absolute atomic E-state index is 0.206. The zero-order valence-corrected chi connectivity index (χ0v) is 23.2. The van der Waals surface area contributed by atoms with Crippen molar-refractivity contribution in [3.8, 4) is 22.6 Å². The number of nitrogens with zero attached hydrogens (tertiary/aromatic N) is 4. The van der Waals surface area contributed by atoms with Crippen molar-refractivity contribution >= 4 is 6.09 Å². The Morgan fingerprint density at radius 2 is 1.72 bits per heavy atom. The molecule has 39 heavy (non-hydrogen) atoms. The molecule has 0 spiro atoms. The topological polar surface area (TPSA) is 69.1 Å². The molecule has 3 aliphatic heterocycles. The lowest BCUT2D eigenvalue weighted by atomic mass is 9.88. The summed E-state index contributed by atoms with van der Waals surface area (Å²) in [4.78, 5) is 21.4. The number of hydrogen-bond acceptors (Lipinski definition) is 6. The number of morpholine rings is 1. The Morgan fingerprint density at radius 1 is 1.00 bits per heavy atom. The van der Waals surface area contributed by atoms with E-state index in [1.165, 1.54) is 11.1 Å². The van der Waals surface area contributed by atoms with Gasteiger partial charge in [0, 0.05) is 38.9 Å². The van der Waals surface area contributed by atoms with E-state index in [-0.39, 0.29) is 6.09 Å². The maximum Gasteiger partial charge on any atom is 0.410 e. The third kappa shape index (κ3) is 5.82. The molecule has 3 aromatic rings. The molecule has 0 aliphatic carbocycles. The average Bonchev–Trinajstić information content (AvgIpc) is 3.35. The van der Waals surface area contributed by atoms with Crippen molar-refractivity contribution in [3.05, 3.63) is 65.7 Å². The van der Waals surface area contributed by atoms with E-state index in [0.717, 1.165) is 87.3 Å². The Kier molecular flexibility index (Phi) is 7.08. The number of likely N-dealkylation sites (tertiary alicyclic amines) is 1. The molecule has 2 fully saturated rings. The molecule has 0 saturated carbocycles. The summed E-state index contributed by atoms with van der Waals surface area (Å²) in [5, 5.41) is 0. The van der Waals surface area contributed by atoms with E-state index < -0.39 is 5.60 Å². The minimum atomic E-state index is -0.460. The van der Waals surface area contributed by atoms with Crippen molar-refractivity contribution in [2.24, 2.45) is 0 Å². The number of carbonyl (C=O) groups excluding carboxylic acids is 1. The van der Waals surface area contributed by atoms with Gasteiger partial charge in [-0.1, -0.05) is 30.3 Å². The highest BCUT2D eigenvalue weighted by atomic mass is 16.6. The van der Waals surface area contributed by atoms with E-state index in [0.29, 0.717) is 12.5 Å². The molecule has 0 atom stereocenters. The fraction of sp³-hybridized carbons (Fsp3) is 0.484. The molecule has 0 unspecified atom stereocenters. The molecule has 2 aromatic carbocycles. The molecule has 0 N–H and O–H groups in total. The Morgan fingerprint density at radius 3 is 2.44 bits per heavy atom. The summed E-state index contributed by atoms with van der Waals surface area (Å²) in [7, 11) is 0. The molecule has 0 bridgehead atoms. The van der Waals surface area contributed by atoms with Gasteiger partial charge in [0.15, 0.2) is 5.82 Å². The lowest BCUT2D eigenvalue weighted by Gasteiger charge is -2.33. The molecular weight excluding hydrogens is 492 g/mol. The van der Waals surface area contributed by atoms with Crippen molar-refractivity contribution in [1.29, 1.82) is 0 Å². The fourth-order valence-electron chi connectivity index (χ4n) is 5.67. The summed E-state index contributed by atoms with van der Waals surface area (Å²) in [6.07, 6.45) is 3.84. The number of aromatic nitrogens is 2. The van der Waals surface area contributed by atoms with Crippen LogP contribution in [0.25, 0.3) is 16.8 Å². The Balaban J connectivity index is 1.11. The second kappa shape index (κ2) is 10.7. The monoisotopic (exact) mass is 530 g/mol. The zero-order chi connectivity index (χ0) is 27.0. The number of piperidine rings is 1. The van der Waals surface area contributed by atoms with Crippen LogP contribution in [0.1, 0.15) is 56.6 Å². The predicted molar refractivity (Wildman–Crippen MR) is 149 cm³/mol. The van der Waals surface area contributed by atoms with Gasteiger partial charge in [0.1, 0.15) is 18.0 Å². The van der Waals surface area contributed by atoms with E-state index in [2.05, 4.69) is 58.1 Å². The maximum atomic E-state index is 12.4. The zero-order valence-electron chi connectivity index (χ0n) is 23.2. The van der Waals surface area contributed by atoms with Crippen LogP contribution in [0.5, 0.6) is 5.75 Å². The van der Waals surface area contributed by atoms with Gasteiger partial charge in [-0.25, -0.2) is 9.78 Å². The summed E-state index contributed by atoms with van der Waals surface area (Å²) in [5.41, 5.74) is 5.28. The molecule has 206 valence electrons. The van der Waals surface area contributed by atoms with E-state index in [4.69, 9.17) is 19.2 Å². The van der Waals surface area contributed by atoms with Gasteiger partial charge in [-0.05, 0) is 68.4 Å². The summed E-state index contributed by atoms with van der Waals surface area (Å²) in [6, 6.07) is 15.3. The summed E-state index contributed by atoms with van der Waals surface area (Å²) in [6.45, 7) is 12.0. The normalized spacial score (nSPS) is 18.3. The number of ether oxygens (including phenoxy) is 3. The lowest BCUT2D eigenvalue weighted by molar-refractivity contribution is 0.0205. The molecule has 2 saturated heterocycles. The van der Waals surface area contributed by atoms with Gasteiger partial charge < -0.3 is 19.1 Å². The van der Waals surface area contributed by atoms with Gasteiger partial charge in [0.2, 0.25) is 0 Å². The highest BCUT2D eigenvalue weighted by Crippen LogP contribution is 2.35. The molecule has 1 amide bonds. The smallest absolute Gasteiger partial charge is 0.410 e. The van der Waals surface area contributed by atoms with E-state index >= 15 is 0 Å². The van der Waals surface area contributed by atoms with Crippen LogP contribution >= 0.6 is 0 Å². The van der Waals surface area contributed by atoms with Crippen LogP contribution in [0, 0.1) is 0 Å². The number of amides is 1. The van der Waals surface area contributed by atoms with E-state index in [1.807, 2.05) is 25.7 Å². The van der Waals surface area contributed by atoms with Gasteiger partial charge in [0.25, 0.3) is 0 Å². The third-order valence-electron chi connectivity index (χ3n) is 7.76. The predicted octanol–water partition coefficient (Wildman–Crippen LogP) is 5.38. The molecule has 0 radical (unpaired) electrons. The van der Waals surface area contributed by atoms with Crippen molar-refractivity contribution in [1.82, 2.24) is 19.4 Å². The third-order valence-corrected chi connectivity index (χ3v) is 7.76. The molecule has 4 heterocycles. The number of benzene rings is 2. The number of fused-ring (bicyclic) bond motifs is 3. The molecule has 8 nitrogen and oxygen atoms in total. The van der Waals surface area contributed by atoms with Gasteiger partial charge in [0.05, 0.1) is 24.6 Å². The van der Waals surface area contributed by atoms with Crippen LogP contribution in [-0.4, -0.2) is 70.4 Å². The first-order valence-corrected chi connectivity index (χ1v) is 14.1. The van der Waals surface area contributed by atoms with Crippen molar-refractivity contribution in [2.75, 3.05) is 39.4 Å². The van der Waals surface area contributed by atoms with Gasteiger partial charge in [-0.2, -0.15) is 0 Å². The second-order valence-electron chi connectivity index (χ2n) is 11.7. The lowest BCUT2D eigenvalue weighted by Crippen LogP contribution is -2.41. The standard InChI is InChI=1S/C31H38N4O4/c1-31(2,3)39-30(36)34-12-10-24(11-13-34)22-4-6-23(7-5-22)25-8-9-27-28(18-25)38-21-29-32-26(20-35(27)29)19-33-14-16-37-17-15-33/h4-9,18,20,24H,10-17,19,21H2,1-3H3. The van der Waals surface area contributed by atoms with E-state index in [1.54, 1.807) is 0 Å². The van der Waals surface area contributed by atoms with Crippen LogP contribution in [-0.2, 0) is 22.6 Å². The SMILES string of the molecule is CC(C)(C)OC(=O)N1CCC(c2ccc(-c3ccc4c(c3)OCc3nc(CN5CCOCC5)cn3-4)cc2)CC1. The summed E-state index contributed by atoms with van der Waals surface area (Å²) >= 11 is 0. The average molecular weight is 531 g/mol. The number of imidazole rings is 1. The maximum absolute atomic E-state index is 12.4. The van der Waals surface area contributed by atoms with Crippen LogP contribution in [0.4, 0.5) is 4.79 Å². The van der Waals surface area contributed by atoms with Crippen molar-refractivity contribution in [2.45, 2.75) is 58.3 Å². The largest absolute Gasteiger partial charge is 0.483 e. The highest BCUT2D eigenvalue weighted by Gasteiger charge is 2.27. The summed E-state index contributed by atoms with van der Waals surface area (Å²) in [5.74, 6) is 2.28. The second-order valence-corrected chi connectivity index (χ2v) is 11.7. The minimum Gasteiger partial charge on any atom is -0.483 e. The van der Waals surface area contributed by atoms with Crippen LogP contribution in [0.15, 0.2) is 48.7 Å². The van der Waals surface area contributed by atoms with Gasteiger partial charge >= 0.3 is 6.09 Å². The Bertz CT molecular complexity index is 1310. The molecule has 3 aliphatic rings. The van der Waals surface area contributed by atoms with Crippen molar-refractivity contribution in [3.63, 3.8) is 0 Å². The van der Waals surface area contributed by atoms with Crippen LogP contribution in [0.3, 0.4) is 0 Å². The number of rotatable bonds is 4. The van der Waals surface area contributed by atoms with E-state index in [9.17, 15) is 4.79 Å². The molecular formula is C31H38N4O4. The fourth-order valence-corrected chi connectivity index (χ4v) is 5.67. The molecule has 1 aromatic heterocycles. The van der Waals surface area contributed by atoms with Crippen molar-refractivity contribution < 1.29 is 19.0 Å². The summed E-state index contributed by atoms with van der Waals surface area (Å²) < 4.78 is 19.3. The van der Waals surface area contributed by atoms with Crippen LogP contribution in [0.2, 0.25) is 0 Å². The number of hydrogen-bond donors (Lipinski definition) is 0. The Labute approximate surface area is 230 Å². The molecule has 8 heteroatoms. The van der Waals surface area contributed by atoms with Crippen LogP contribution < -0.4 is 4.74 Å². The quantitative estimate of drug-likeness (QED) is 0.451. The first kappa shape index (κ1) is 25.9. The Hall–Kier alpha value is -3.36. The molecule has 6 rings (SSSR count). The number of carbonyl (C=O) groups is 1. The first-order valence-electron chi connectivity index (χ1n) is 14.1. The first-order chi connectivity index (χ1) is 18.8. The van der Waals surface area contributed by atoms with Gasteiger partial charge in [-0.3, -0.25) is 9.47 Å². The van der Waals surface area contributed by atoms with Gasteiger partial charge in [-0.15, -0.1) is 0 Å².